The van der Waals surface area contributed by atoms with Crippen molar-refractivity contribution in [2.45, 2.75) is 6.18 Å². The first kappa shape index (κ1) is 9.24. The zero-order chi connectivity index (χ0) is 9.19. The molecule has 0 aromatic carbocycles. The minimum absolute atomic E-state index is 0.127. The van der Waals surface area contributed by atoms with E-state index in [0.717, 1.165) is 11.8 Å². The van der Waals surface area contributed by atoms with Crippen molar-refractivity contribution in [1.29, 1.82) is 0 Å². The molecule has 0 spiro atoms. The summed E-state index contributed by atoms with van der Waals surface area (Å²) in [5.74, 6) is -1.65. The number of carbonyl (C=O) groups is 1. The molecule has 12 heavy (non-hydrogen) atoms. The van der Waals surface area contributed by atoms with E-state index in [4.69, 9.17) is 0 Å². The van der Waals surface area contributed by atoms with Crippen LogP contribution in [0.5, 0.6) is 0 Å². The highest BCUT2D eigenvalue weighted by Crippen LogP contribution is 2.19. The van der Waals surface area contributed by atoms with Crippen LogP contribution in [0.1, 0.15) is 0 Å². The van der Waals surface area contributed by atoms with E-state index in [1.54, 1.807) is 0 Å². The second kappa shape index (κ2) is 3.26. The van der Waals surface area contributed by atoms with Gasteiger partial charge in [0, 0.05) is 12.0 Å². The first-order valence-electron chi connectivity index (χ1n) is 2.85. The number of amides is 1. The summed E-state index contributed by atoms with van der Waals surface area (Å²) in [7, 11) is 0. The molecule has 1 aliphatic rings. The van der Waals surface area contributed by atoms with Gasteiger partial charge in [0.15, 0.2) is 5.17 Å². The van der Waals surface area contributed by atoms with Crippen LogP contribution in [0.25, 0.3) is 0 Å². The summed E-state index contributed by atoms with van der Waals surface area (Å²) in [6.07, 6.45) is -3.50. The summed E-state index contributed by atoms with van der Waals surface area (Å²) in [6, 6.07) is 0. The molecule has 0 fully saturated rings. The third-order valence-corrected chi connectivity index (χ3v) is 1.70. The minimum atomic E-state index is -4.90. The minimum Gasteiger partial charge on any atom is -0.262 e. The van der Waals surface area contributed by atoms with Gasteiger partial charge < -0.3 is 0 Å². The van der Waals surface area contributed by atoms with Crippen molar-refractivity contribution in [2.75, 3.05) is 5.75 Å². The maximum atomic E-state index is 11.6. The van der Waals surface area contributed by atoms with Gasteiger partial charge in [-0.15, -0.1) is 0 Å². The molecule has 1 aliphatic heterocycles. The van der Waals surface area contributed by atoms with E-state index < -0.39 is 12.1 Å². The van der Waals surface area contributed by atoms with E-state index in [2.05, 4.69) is 9.98 Å². The van der Waals surface area contributed by atoms with Crippen molar-refractivity contribution in [2.24, 2.45) is 9.98 Å². The van der Waals surface area contributed by atoms with Crippen molar-refractivity contribution in [3.05, 3.63) is 0 Å². The standard InChI is InChI=1S/C5H3F3N2OS/c6-5(7,8)3(11)10-4-9-1-2-12-4/h1H,2H2. The summed E-state index contributed by atoms with van der Waals surface area (Å²) >= 11 is 0.994. The van der Waals surface area contributed by atoms with Gasteiger partial charge in [-0.3, -0.25) is 4.79 Å². The van der Waals surface area contributed by atoms with Gasteiger partial charge in [0.1, 0.15) is 0 Å². The molecule has 0 aromatic heterocycles. The molecule has 0 bridgehead atoms. The molecule has 0 aromatic rings. The lowest BCUT2D eigenvalue weighted by molar-refractivity contribution is -0.169. The monoisotopic (exact) mass is 196 g/mol. The smallest absolute Gasteiger partial charge is 0.262 e. The lowest BCUT2D eigenvalue weighted by Gasteiger charge is -1.98. The van der Waals surface area contributed by atoms with Gasteiger partial charge in [-0.1, -0.05) is 11.8 Å². The maximum absolute atomic E-state index is 11.6. The van der Waals surface area contributed by atoms with Gasteiger partial charge in [0.05, 0.1) is 0 Å². The largest absolute Gasteiger partial charge is 0.473 e. The van der Waals surface area contributed by atoms with Crippen molar-refractivity contribution in [3.8, 4) is 0 Å². The third-order valence-electron chi connectivity index (χ3n) is 0.928. The summed E-state index contributed by atoms with van der Waals surface area (Å²) < 4.78 is 34.8. The first-order valence-corrected chi connectivity index (χ1v) is 3.84. The van der Waals surface area contributed by atoms with Crippen LogP contribution in [0.2, 0.25) is 0 Å². The number of hydrogen-bond acceptors (Lipinski definition) is 2. The Morgan fingerprint density at radius 3 is 2.75 bits per heavy atom. The van der Waals surface area contributed by atoms with Gasteiger partial charge in [-0.05, 0) is 0 Å². The fraction of sp³-hybridized carbons (Fsp3) is 0.400. The molecule has 0 atom stereocenters. The molecule has 1 amide bonds. The Balaban J connectivity index is 2.67. The van der Waals surface area contributed by atoms with E-state index in [0.29, 0.717) is 5.75 Å². The predicted molar refractivity (Wildman–Crippen MR) is 39.4 cm³/mol. The molecule has 1 rings (SSSR count). The fourth-order valence-electron chi connectivity index (χ4n) is 0.476. The average Bonchev–Trinajstić information content (AvgIpc) is 2.37. The van der Waals surface area contributed by atoms with Crippen LogP contribution in [-0.2, 0) is 4.79 Å². The summed E-state index contributed by atoms with van der Waals surface area (Å²) in [4.78, 5) is 16.4. The number of rotatable bonds is 0. The summed E-state index contributed by atoms with van der Waals surface area (Å²) in [6.45, 7) is 0. The van der Waals surface area contributed by atoms with Crippen molar-refractivity contribution in [1.82, 2.24) is 0 Å². The van der Waals surface area contributed by atoms with Gasteiger partial charge in [-0.25, -0.2) is 4.99 Å². The lowest BCUT2D eigenvalue weighted by Crippen LogP contribution is -2.20. The van der Waals surface area contributed by atoms with Crippen molar-refractivity contribution >= 4 is 29.1 Å². The fourth-order valence-corrected chi connectivity index (χ4v) is 1.07. The number of hydrogen-bond donors (Lipinski definition) is 0. The van der Waals surface area contributed by atoms with Crippen LogP contribution in [0, 0.1) is 0 Å². The van der Waals surface area contributed by atoms with E-state index in [1.807, 2.05) is 0 Å². The second-order valence-corrected chi connectivity index (χ2v) is 2.81. The van der Waals surface area contributed by atoms with Gasteiger partial charge in [0.25, 0.3) is 0 Å². The molecule has 0 saturated carbocycles. The van der Waals surface area contributed by atoms with E-state index >= 15 is 0 Å². The molecular weight excluding hydrogens is 193 g/mol. The highest BCUT2D eigenvalue weighted by molar-refractivity contribution is 8.14. The molecule has 0 unspecified atom stereocenters. The van der Waals surface area contributed by atoms with Crippen LogP contribution in [0.15, 0.2) is 9.98 Å². The second-order valence-electron chi connectivity index (χ2n) is 1.82. The topological polar surface area (TPSA) is 41.8 Å². The maximum Gasteiger partial charge on any atom is 0.473 e. The molecule has 1 heterocycles. The molecule has 66 valence electrons. The van der Waals surface area contributed by atoms with E-state index in [9.17, 15) is 18.0 Å². The SMILES string of the molecule is O=C(N=C1N=CCS1)C(F)(F)F. The Labute approximate surface area is 69.8 Å². The van der Waals surface area contributed by atoms with Crippen LogP contribution in [0.4, 0.5) is 13.2 Å². The van der Waals surface area contributed by atoms with Crippen molar-refractivity contribution < 1.29 is 18.0 Å². The highest BCUT2D eigenvalue weighted by Gasteiger charge is 2.39. The third kappa shape index (κ3) is 2.33. The van der Waals surface area contributed by atoms with Gasteiger partial charge in [0.2, 0.25) is 0 Å². The lowest BCUT2D eigenvalue weighted by atomic mass is 10.6. The molecule has 0 saturated heterocycles. The Hall–Kier alpha value is -0.850. The first-order chi connectivity index (χ1) is 5.50. The molecule has 7 heteroatoms. The summed E-state index contributed by atoms with van der Waals surface area (Å²) in [5, 5.41) is -0.127. The van der Waals surface area contributed by atoms with E-state index in [-0.39, 0.29) is 5.17 Å². The van der Waals surface area contributed by atoms with Gasteiger partial charge >= 0.3 is 12.1 Å². The summed E-state index contributed by atoms with van der Waals surface area (Å²) in [5.41, 5.74) is 0. The van der Waals surface area contributed by atoms with Crippen LogP contribution in [0.3, 0.4) is 0 Å². The van der Waals surface area contributed by atoms with Crippen LogP contribution in [-0.4, -0.2) is 29.2 Å². The Morgan fingerprint density at radius 1 is 1.67 bits per heavy atom. The molecule has 0 N–H and O–H groups in total. The quantitative estimate of drug-likeness (QED) is 0.585. The number of nitrogens with zero attached hydrogens (tertiary/aromatic N) is 2. The van der Waals surface area contributed by atoms with E-state index in [1.165, 1.54) is 6.21 Å². The normalized spacial score (nSPS) is 20.4. The zero-order valence-corrected chi connectivity index (χ0v) is 6.45. The average molecular weight is 196 g/mol. The molecule has 3 nitrogen and oxygen atoms in total. The number of halogens is 3. The molecular formula is C5H3F3N2OS. The predicted octanol–water partition coefficient (Wildman–Crippen LogP) is 1.25. The number of amidine groups is 1. The molecule has 0 aliphatic carbocycles. The number of aliphatic imine (C=N–C) groups is 2. The Kier molecular flexibility index (Phi) is 2.51. The molecule has 0 radical (unpaired) electrons. The number of alkyl halides is 3. The Morgan fingerprint density at radius 2 is 2.33 bits per heavy atom. The van der Waals surface area contributed by atoms with Crippen LogP contribution < -0.4 is 0 Å². The number of thioether (sulfide) groups is 1. The number of carbonyl (C=O) groups excluding carboxylic acids is 1. The highest BCUT2D eigenvalue weighted by atomic mass is 32.2. The van der Waals surface area contributed by atoms with Gasteiger partial charge in [-0.2, -0.15) is 18.2 Å². The zero-order valence-electron chi connectivity index (χ0n) is 5.63. The Bertz CT molecular complexity index is 258. The van der Waals surface area contributed by atoms with Crippen LogP contribution >= 0.6 is 11.8 Å². The van der Waals surface area contributed by atoms with Crippen molar-refractivity contribution in [3.63, 3.8) is 0 Å².